The van der Waals surface area contributed by atoms with Crippen LogP contribution in [0.4, 0.5) is 14.6 Å². The van der Waals surface area contributed by atoms with Gasteiger partial charge in [-0.25, -0.2) is 13.8 Å². The quantitative estimate of drug-likeness (QED) is 0.673. The van der Waals surface area contributed by atoms with Crippen LogP contribution >= 0.6 is 34.9 Å². The summed E-state index contributed by atoms with van der Waals surface area (Å²) in [6, 6.07) is 1.99. The van der Waals surface area contributed by atoms with Crippen molar-refractivity contribution in [2.45, 2.75) is 4.90 Å². The largest absolute Gasteiger partial charge is 0.309 e. The molecular formula is C9H5ClF2N2S2. The predicted molar refractivity (Wildman–Crippen MR) is 63.0 cm³/mol. The summed E-state index contributed by atoms with van der Waals surface area (Å²) in [6.45, 7) is 0. The highest BCUT2D eigenvalue weighted by Gasteiger charge is 2.09. The van der Waals surface area contributed by atoms with Gasteiger partial charge in [-0.2, -0.15) is 0 Å². The maximum absolute atomic E-state index is 13.3. The SMILES string of the molecule is Fc1cc(F)c(SNc2cscn2)cc1Cl. The lowest BCUT2D eigenvalue weighted by Crippen LogP contribution is -1.91. The Bertz CT molecular complexity index is 491. The molecule has 0 saturated heterocycles. The van der Waals surface area contributed by atoms with Crippen molar-refractivity contribution in [1.29, 1.82) is 0 Å². The molecule has 0 fully saturated rings. The summed E-state index contributed by atoms with van der Waals surface area (Å²) in [5.74, 6) is -0.804. The zero-order valence-corrected chi connectivity index (χ0v) is 10.1. The average molecular weight is 279 g/mol. The molecule has 0 saturated carbocycles. The van der Waals surface area contributed by atoms with Gasteiger partial charge in [0.1, 0.15) is 17.5 Å². The van der Waals surface area contributed by atoms with Crippen molar-refractivity contribution in [3.63, 3.8) is 0 Å². The van der Waals surface area contributed by atoms with Gasteiger partial charge in [-0.3, -0.25) is 0 Å². The summed E-state index contributed by atoms with van der Waals surface area (Å²) in [5.41, 5.74) is 1.65. The number of hydrogen-bond acceptors (Lipinski definition) is 4. The van der Waals surface area contributed by atoms with E-state index in [0.717, 1.165) is 18.0 Å². The van der Waals surface area contributed by atoms with E-state index in [4.69, 9.17) is 11.6 Å². The van der Waals surface area contributed by atoms with Crippen LogP contribution in [0.3, 0.4) is 0 Å². The number of nitrogens with zero attached hydrogens (tertiary/aromatic N) is 1. The molecule has 1 heterocycles. The second kappa shape index (κ2) is 4.99. The number of halogens is 3. The van der Waals surface area contributed by atoms with E-state index in [0.29, 0.717) is 5.82 Å². The second-order valence-electron chi connectivity index (χ2n) is 2.77. The third kappa shape index (κ3) is 2.63. The van der Waals surface area contributed by atoms with Gasteiger partial charge >= 0.3 is 0 Å². The van der Waals surface area contributed by atoms with Crippen LogP contribution in [0.15, 0.2) is 27.9 Å². The molecule has 0 aliphatic heterocycles. The van der Waals surface area contributed by atoms with Crippen molar-refractivity contribution in [2.75, 3.05) is 4.72 Å². The molecule has 2 rings (SSSR count). The van der Waals surface area contributed by atoms with E-state index < -0.39 is 11.6 Å². The Kier molecular flexibility index (Phi) is 3.63. The van der Waals surface area contributed by atoms with Gasteiger partial charge in [-0.05, 0) is 18.0 Å². The van der Waals surface area contributed by atoms with Crippen LogP contribution in [-0.2, 0) is 0 Å². The third-order valence-electron chi connectivity index (χ3n) is 1.67. The first-order valence-electron chi connectivity index (χ1n) is 4.12. The first-order valence-corrected chi connectivity index (χ1v) is 6.26. The lowest BCUT2D eigenvalue weighted by atomic mass is 10.3. The average Bonchev–Trinajstić information content (AvgIpc) is 2.74. The van der Waals surface area contributed by atoms with E-state index in [1.165, 1.54) is 17.4 Å². The Morgan fingerprint density at radius 1 is 1.31 bits per heavy atom. The Morgan fingerprint density at radius 2 is 2.12 bits per heavy atom. The summed E-state index contributed by atoms with van der Waals surface area (Å²) >= 11 is 7.96. The molecule has 0 unspecified atom stereocenters. The van der Waals surface area contributed by atoms with Gasteiger partial charge in [-0.15, -0.1) is 11.3 Å². The topological polar surface area (TPSA) is 24.9 Å². The highest BCUT2D eigenvalue weighted by atomic mass is 35.5. The molecule has 0 aliphatic rings. The van der Waals surface area contributed by atoms with E-state index in [9.17, 15) is 8.78 Å². The van der Waals surface area contributed by atoms with E-state index in [1.807, 2.05) is 0 Å². The molecular weight excluding hydrogens is 274 g/mol. The summed E-state index contributed by atoms with van der Waals surface area (Å²) in [5, 5.41) is 1.67. The molecule has 7 heteroatoms. The Hall–Kier alpha value is -0.850. The van der Waals surface area contributed by atoms with E-state index in [-0.39, 0.29) is 9.92 Å². The zero-order chi connectivity index (χ0) is 11.5. The number of thiazole rings is 1. The Labute approximate surface area is 104 Å². The minimum absolute atomic E-state index is 0.107. The van der Waals surface area contributed by atoms with Crippen molar-refractivity contribution in [1.82, 2.24) is 4.98 Å². The number of nitrogens with one attached hydrogen (secondary N) is 1. The Balaban J connectivity index is 2.12. The molecule has 1 aromatic carbocycles. The van der Waals surface area contributed by atoms with Crippen LogP contribution in [0.25, 0.3) is 0 Å². The lowest BCUT2D eigenvalue weighted by molar-refractivity contribution is 0.566. The maximum atomic E-state index is 13.3. The van der Waals surface area contributed by atoms with Crippen LogP contribution in [0, 0.1) is 11.6 Å². The van der Waals surface area contributed by atoms with Crippen LogP contribution in [0.2, 0.25) is 5.02 Å². The summed E-state index contributed by atoms with van der Waals surface area (Å²) in [6.07, 6.45) is 0. The normalized spacial score (nSPS) is 10.4. The minimum Gasteiger partial charge on any atom is -0.309 e. The molecule has 2 aromatic rings. The number of benzene rings is 1. The fourth-order valence-electron chi connectivity index (χ4n) is 0.953. The van der Waals surface area contributed by atoms with Gasteiger partial charge in [0.2, 0.25) is 0 Å². The standard InChI is InChI=1S/C9H5ClF2N2S2/c10-5-1-8(7(12)2-6(5)11)16-14-9-3-15-4-13-9/h1-4,14H. The number of anilines is 1. The van der Waals surface area contributed by atoms with Gasteiger partial charge < -0.3 is 4.72 Å². The van der Waals surface area contributed by atoms with Crippen molar-refractivity contribution in [3.8, 4) is 0 Å². The molecule has 0 bridgehead atoms. The number of hydrogen-bond donors (Lipinski definition) is 1. The monoisotopic (exact) mass is 278 g/mol. The molecule has 84 valence electrons. The number of rotatable bonds is 3. The smallest absolute Gasteiger partial charge is 0.147 e. The molecule has 0 aliphatic carbocycles. The highest BCUT2D eigenvalue weighted by Crippen LogP contribution is 2.28. The molecule has 0 atom stereocenters. The molecule has 16 heavy (non-hydrogen) atoms. The van der Waals surface area contributed by atoms with Crippen LogP contribution in [0.1, 0.15) is 0 Å². The molecule has 0 amide bonds. The first kappa shape index (κ1) is 11.6. The maximum Gasteiger partial charge on any atom is 0.147 e. The second-order valence-corrected chi connectivity index (χ2v) is 4.75. The molecule has 0 radical (unpaired) electrons. The van der Waals surface area contributed by atoms with Crippen molar-refractivity contribution in [2.24, 2.45) is 0 Å². The van der Waals surface area contributed by atoms with E-state index in [1.54, 1.807) is 10.9 Å². The van der Waals surface area contributed by atoms with E-state index >= 15 is 0 Å². The first-order chi connectivity index (χ1) is 7.66. The zero-order valence-electron chi connectivity index (χ0n) is 7.71. The van der Waals surface area contributed by atoms with E-state index in [2.05, 4.69) is 9.71 Å². The fourth-order valence-corrected chi connectivity index (χ4v) is 2.40. The van der Waals surface area contributed by atoms with Crippen molar-refractivity contribution >= 4 is 40.7 Å². The van der Waals surface area contributed by atoms with Crippen molar-refractivity contribution in [3.05, 3.63) is 39.7 Å². The lowest BCUT2D eigenvalue weighted by Gasteiger charge is -2.04. The van der Waals surface area contributed by atoms with Gasteiger partial charge in [0.15, 0.2) is 0 Å². The third-order valence-corrected chi connectivity index (χ3v) is 3.39. The van der Waals surface area contributed by atoms with Crippen LogP contribution < -0.4 is 4.72 Å². The van der Waals surface area contributed by atoms with Crippen LogP contribution in [-0.4, -0.2) is 4.98 Å². The van der Waals surface area contributed by atoms with Gasteiger partial charge in [-0.1, -0.05) is 11.6 Å². The molecule has 1 N–H and O–H groups in total. The van der Waals surface area contributed by atoms with Crippen molar-refractivity contribution < 1.29 is 8.78 Å². The summed E-state index contributed by atoms with van der Waals surface area (Å²) in [4.78, 5) is 4.18. The minimum atomic E-state index is -0.767. The molecule has 1 aromatic heterocycles. The van der Waals surface area contributed by atoms with Crippen LogP contribution in [0.5, 0.6) is 0 Å². The Morgan fingerprint density at radius 3 is 2.81 bits per heavy atom. The predicted octanol–water partition coefficient (Wildman–Crippen LogP) is 4.19. The van der Waals surface area contributed by atoms with Gasteiger partial charge in [0.25, 0.3) is 0 Å². The van der Waals surface area contributed by atoms with Gasteiger partial charge in [0.05, 0.1) is 15.4 Å². The molecule has 2 nitrogen and oxygen atoms in total. The summed E-state index contributed by atoms with van der Waals surface area (Å²) < 4.78 is 29.0. The molecule has 0 spiro atoms. The number of aromatic nitrogens is 1. The highest BCUT2D eigenvalue weighted by molar-refractivity contribution is 8.00. The fraction of sp³-hybridized carbons (Fsp3) is 0. The van der Waals surface area contributed by atoms with Gasteiger partial charge in [0, 0.05) is 11.4 Å². The summed E-state index contributed by atoms with van der Waals surface area (Å²) in [7, 11) is 0.